The van der Waals surface area contributed by atoms with Gasteiger partial charge in [0.05, 0.1) is 11.6 Å². The van der Waals surface area contributed by atoms with Crippen LogP contribution in [0.1, 0.15) is 35.3 Å². The fraction of sp³-hybridized carbons (Fsp3) is 0.235. The average molecular weight is 341 g/mol. The summed E-state index contributed by atoms with van der Waals surface area (Å²) in [6.07, 6.45) is 0.340. The molecule has 0 aromatic heterocycles. The van der Waals surface area contributed by atoms with Crippen LogP contribution < -0.4 is 10.1 Å². The molecule has 2 aromatic carbocycles. The van der Waals surface area contributed by atoms with Crippen LogP contribution in [-0.4, -0.2) is 12.5 Å². The van der Waals surface area contributed by atoms with Crippen molar-refractivity contribution >= 4 is 5.91 Å². The fourth-order valence-corrected chi connectivity index (χ4v) is 2.28. The predicted octanol–water partition coefficient (Wildman–Crippen LogP) is 4.45. The third-order valence-electron chi connectivity index (χ3n) is 3.40. The lowest BCUT2D eigenvalue weighted by Gasteiger charge is -2.20. The maximum atomic E-state index is 13.7. The number of amides is 1. The molecule has 0 aliphatic heterocycles. The van der Waals surface area contributed by atoms with E-state index in [0.29, 0.717) is 12.0 Å². The maximum absolute atomic E-state index is 13.7. The molecule has 0 spiro atoms. The first-order valence-corrected chi connectivity index (χ1v) is 7.22. The van der Waals surface area contributed by atoms with Crippen molar-refractivity contribution in [3.05, 3.63) is 65.2 Å². The summed E-state index contributed by atoms with van der Waals surface area (Å²) in [4.78, 5) is 12.2. The second-order valence-electron chi connectivity index (χ2n) is 4.97. The van der Waals surface area contributed by atoms with Crippen LogP contribution in [0, 0.1) is 11.6 Å². The largest absolute Gasteiger partial charge is 0.434 e. The molecule has 128 valence electrons. The van der Waals surface area contributed by atoms with Gasteiger partial charge in [-0.25, -0.2) is 8.78 Å². The highest BCUT2D eigenvalue weighted by Gasteiger charge is 2.21. The standard InChI is InChI=1S/C17H15F4NO2/c1-2-14(11-5-3-4-6-15(11)24-17(20)21)22-16(23)12-9-10(18)7-8-13(12)19/h3-9,14,17H,2H2,1H3,(H,22,23)/t14-/m0/s1. The van der Waals surface area contributed by atoms with Crippen molar-refractivity contribution in [3.8, 4) is 5.75 Å². The lowest BCUT2D eigenvalue weighted by Crippen LogP contribution is -2.29. The molecule has 3 nitrogen and oxygen atoms in total. The van der Waals surface area contributed by atoms with E-state index in [1.807, 2.05) is 0 Å². The summed E-state index contributed by atoms with van der Waals surface area (Å²) in [6.45, 7) is -1.30. The van der Waals surface area contributed by atoms with Crippen molar-refractivity contribution in [3.63, 3.8) is 0 Å². The van der Waals surface area contributed by atoms with Crippen LogP contribution in [0.3, 0.4) is 0 Å². The third-order valence-corrected chi connectivity index (χ3v) is 3.40. The van der Waals surface area contributed by atoms with Gasteiger partial charge in [0.1, 0.15) is 17.4 Å². The molecule has 0 saturated carbocycles. The molecule has 0 bridgehead atoms. The summed E-state index contributed by atoms with van der Waals surface area (Å²) in [6, 6.07) is 7.81. The topological polar surface area (TPSA) is 38.3 Å². The Morgan fingerprint density at radius 3 is 2.54 bits per heavy atom. The van der Waals surface area contributed by atoms with E-state index in [1.165, 1.54) is 18.2 Å². The van der Waals surface area contributed by atoms with Crippen LogP contribution in [-0.2, 0) is 0 Å². The Hall–Kier alpha value is -2.57. The zero-order valence-corrected chi connectivity index (χ0v) is 12.7. The first-order valence-electron chi connectivity index (χ1n) is 7.22. The summed E-state index contributed by atoms with van der Waals surface area (Å²) < 4.78 is 56.3. The number of ether oxygens (including phenoxy) is 1. The minimum Gasteiger partial charge on any atom is -0.434 e. The molecule has 1 atom stereocenters. The van der Waals surface area contributed by atoms with Gasteiger partial charge in [-0.15, -0.1) is 0 Å². The quantitative estimate of drug-likeness (QED) is 0.789. The molecule has 1 N–H and O–H groups in total. The number of carbonyl (C=O) groups is 1. The lowest BCUT2D eigenvalue weighted by atomic mass is 10.0. The number of hydrogen-bond donors (Lipinski definition) is 1. The molecule has 2 rings (SSSR count). The zero-order valence-electron chi connectivity index (χ0n) is 12.7. The zero-order chi connectivity index (χ0) is 17.7. The van der Waals surface area contributed by atoms with Gasteiger partial charge in [-0.1, -0.05) is 25.1 Å². The van der Waals surface area contributed by atoms with Gasteiger partial charge >= 0.3 is 6.61 Å². The number of alkyl halides is 2. The molecule has 0 aliphatic rings. The summed E-state index contributed by atoms with van der Waals surface area (Å²) in [5, 5.41) is 2.51. The van der Waals surface area contributed by atoms with E-state index in [0.717, 1.165) is 18.2 Å². The molecule has 0 heterocycles. The van der Waals surface area contributed by atoms with Gasteiger partial charge in [0, 0.05) is 5.56 Å². The number of para-hydroxylation sites is 1. The van der Waals surface area contributed by atoms with E-state index in [-0.39, 0.29) is 5.75 Å². The Morgan fingerprint density at radius 2 is 1.88 bits per heavy atom. The van der Waals surface area contributed by atoms with Gasteiger partial charge in [-0.2, -0.15) is 8.78 Å². The number of nitrogens with one attached hydrogen (secondary N) is 1. The Labute approximate surface area is 136 Å². The fourth-order valence-electron chi connectivity index (χ4n) is 2.28. The predicted molar refractivity (Wildman–Crippen MR) is 79.9 cm³/mol. The summed E-state index contributed by atoms with van der Waals surface area (Å²) in [5.74, 6) is -2.55. The maximum Gasteiger partial charge on any atom is 0.387 e. The molecule has 0 unspecified atom stereocenters. The first kappa shape index (κ1) is 17.8. The summed E-state index contributed by atoms with van der Waals surface area (Å²) >= 11 is 0. The first-order chi connectivity index (χ1) is 11.4. The van der Waals surface area contributed by atoms with Gasteiger partial charge in [0.25, 0.3) is 5.91 Å². The number of benzene rings is 2. The highest BCUT2D eigenvalue weighted by atomic mass is 19.3. The van der Waals surface area contributed by atoms with Gasteiger partial charge in [0.2, 0.25) is 0 Å². The van der Waals surface area contributed by atoms with Crippen molar-refractivity contribution in [2.24, 2.45) is 0 Å². The smallest absolute Gasteiger partial charge is 0.387 e. The minimum atomic E-state index is -3.01. The van der Waals surface area contributed by atoms with E-state index in [1.54, 1.807) is 13.0 Å². The Bertz CT molecular complexity index is 721. The van der Waals surface area contributed by atoms with E-state index < -0.39 is 35.8 Å². The van der Waals surface area contributed by atoms with E-state index in [2.05, 4.69) is 10.1 Å². The van der Waals surface area contributed by atoms with Gasteiger partial charge in [-0.3, -0.25) is 4.79 Å². The van der Waals surface area contributed by atoms with Crippen LogP contribution in [0.4, 0.5) is 17.6 Å². The Balaban J connectivity index is 2.27. The summed E-state index contributed by atoms with van der Waals surface area (Å²) in [7, 11) is 0. The average Bonchev–Trinajstić information content (AvgIpc) is 2.55. The van der Waals surface area contributed by atoms with Crippen LogP contribution in [0.2, 0.25) is 0 Å². The second-order valence-corrected chi connectivity index (χ2v) is 4.97. The SMILES string of the molecule is CC[C@H](NC(=O)c1cc(F)ccc1F)c1ccccc1OC(F)F. The van der Waals surface area contributed by atoms with Crippen molar-refractivity contribution in [1.82, 2.24) is 5.32 Å². The van der Waals surface area contributed by atoms with Gasteiger partial charge in [0.15, 0.2) is 0 Å². The molecular formula is C17H15F4NO2. The molecule has 0 aliphatic carbocycles. The molecule has 0 radical (unpaired) electrons. The Kier molecular flexibility index (Phi) is 5.78. The van der Waals surface area contributed by atoms with Crippen LogP contribution >= 0.6 is 0 Å². The normalized spacial score (nSPS) is 12.1. The summed E-state index contributed by atoms with van der Waals surface area (Å²) in [5.41, 5.74) is -0.133. The molecule has 0 fully saturated rings. The highest BCUT2D eigenvalue weighted by molar-refractivity contribution is 5.94. The van der Waals surface area contributed by atoms with Crippen LogP contribution in [0.25, 0.3) is 0 Å². The van der Waals surface area contributed by atoms with Crippen LogP contribution in [0.15, 0.2) is 42.5 Å². The molecular weight excluding hydrogens is 326 g/mol. The van der Waals surface area contributed by atoms with E-state index in [4.69, 9.17) is 0 Å². The molecule has 0 saturated heterocycles. The van der Waals surface area contributed by atoms with Crippen LogP contribution in [0.5, 0.6) is 5.75 Å². The monoisotopic (exact) mass is 341 g/mol. The molecule has 24 heavy (non-hydrogen) atoms. The Morgan fingerprint density at radius 1 is 1.17 bits per heavy atom. The molecule has 7 heteroatoms. The van der Waals surface area contributed by atoms with Crippen molar-refractivity contribution in [2.75, 3.05) is 0 Å². The third kappa shape index (κ3) is 4.24. The van der Waals surface area contributed by atoms with E-state index >= 15 is 0 Å². The van der Waals surface area contributed by atoms with Crippen molar-refractivity contribution in [1.29, 1.82) is 0 Å². The molecule has 2 aromatic rings. The van der Waals surface area contributed by atoms with Crippen molar-refractivity contribution in [2.45, 2.75) is 26.0 Å². The van der Waals surface area contributed by atoms with Gasteiger partial charge in [-0.05, 0) is 30.7 Å². The number of halogens is 4. The van der Waals surface area contributed by atoms with Gasteiger partial charge < -0.3 is 10.1 Å². The number of rotatable bonds is 6. The second kappa shape index (κ2) is 7.81. The van der Waals surface area contributed by atoms with E-state index in [9.17, 15) is 22.4 Å². The number of carbonyl (C=O) groups excluding carboxylic acids is 1. The highest BCUT2D eigenvalue weighted by Crippen LogP contribution is 2.28. The minimum absolute atomic E-state index is 0.0839. The number of hydrogen-bond acceptors (Lipinski definition) is 2. The lowest BCUT2D eigenvalue weighted by molar-refractivity contribution is -0.0506. The molecule has 1 amide bonds. The van der Waals surface area contributed by atoms with Crippen molar-refractivity contribution < 1.29 is 27.1 Å².